The fourth-order valence-electron chi connectivity index (χ4n) is 1.54. The number of nitrogens with zero attached hydrogens (tertiary/aromatic N) is 1. The van der Waals surface area contributed by atoms with Crippen LogP contribution in [0.3, 0.4) is 0 Å². The molecule has 1 aromatic carbocycles. The van der Waals surface area contributed by atoms with Crippen molar-refractivity contribution >= 4 is 11.6 Å². The number of hydrogen-bond donors (Lipinski definition) is 1. The van der Waals surface area contributed by atoms with E-state index < -0.39 is 0 Å². The van der Waals surface area contributed by atoms with Gasteiger partial charge in [-0.15, -0.1) is 0 Å². The van der Waals surface area contributed by atoms with Gasteiger partial charge in [-0.05, 0) is 43.3 Å². The average molecular weight is 288 g/mol. The average Bonchev–Trinajstić information content (AvgIpc) is 3.05. The quantitative estimate of drug-likeness (QED) is 0.653. The lowest BCUT2D eigenvalue weighted by molar-refractivity contribution is -0.123. The van der Waals surface area contributed by atoms with Gasteiger partial charge >= 0.3 is 0 Å². The van der Waals surface area contributed by atoms with Crippen molar-refractivity contribution in [2.45, 2.75) is 6.92 Å². The zero-order chi connectivity index (χ0) is 15.1. The number of benzene rings is 1. The van der Waals surface area contributed by atoms with Crippen LogP contribution >= 0.6 is 0 Å². The summed E-state index contributed by atoms with van der Waals surface area (Å²) in [5.41, 5.74) is 2.98. The Morgan fingerprint density at radius 2 is 1.95 bits per heavy atom. The van der Waals surface area contributed by atoms with Crippen LogP contribution in [0.2, 0.25) is 0 Å². The Bertz CT molecular complexity index is 603. The number of amides is 1. The molecule has 0 aliphatic carbocycles. The maximum atomic E-state index is 11.6. The second-order valence-electron chi connectivity index (χ2n) is 4.17. The number of furan rings is 1. The summed E-state index contributed by atoms with van der Waals surface area (Å²) < 4.78 is 15.5. The number of hydrazone groups is 1. The van der Waals surface area contributed by atoms with Gasteiger partial charge < -0.3 is 13.9 Å². The molecular formula is C15H16N2O4. The summed E-state index contributed by atoms with van der Waals surface area (Å²) in [4.78, 5) is 11.6. The van der Waals surface area contributed by atoms with E-state index in [1.165, 1.54) is 0 Å². The highest BCUT2D eigenvalue weighted by Gasteiger charge is 2.04. The van der Waals surface area contributed by atoms with Crippen molar-refractivity contribution in [2.75, 3.05) is 13.7 Å². The van der Waals surface area contributed by atoms with E-state index in [4.69, 9.17) is 13.9 Å². The maximum Gasteiger partial charge on any atom is 0.277 e. The summed E-state index contributed by atoms with van der Waals surface area (Å²) >= 11 is 0. The predicted octanol–water partition coefficient (Wildman–Crippen LogP) is 2.21. The molecule has 2 rings (SSSR count). The Morgan fingerprint density at radius 3 is 2.57 bits per heavy atom. The normalized spacial score (nSPS) is 11.0. The number of rotatable bonds is 6. The van der Waals surface area contributed by atoms with Gasteiger partial charge in [-0.1, -0.05) is 0 Å². The number of carbonyl (C=O) groups excluding carboxylic acids is 1. The molecule has 0 unspecified atom stereocenters. The minimum absolute atomic E-state index is 0.124. The van der Waals surface area contributed by atoms with Crippen molar-refractivity contribution in [3.8, 4) is 11.5 Å². The third-order valence-electron chi connectivity index (χ3n) is 2.66. The van der Waals surface area contributed by atoms with Gasteiger partial charge in [0, 0.05) is 0 Å². The molecule has 2 aromatic rings. The molecule has 0 saturated carbocycles. The summed E-state index contributed by atoms with van der Waals surface area (Å²) in [6.07, 6.45) is 1.54. The Hall–Kier alpha value is -2.76. The van der Waals surface area contributed by atoms with Gasteiger partial charge in [-0.2, -0.15) is 5.10 Å². The van der Waals surface area contributed by atoms with Crippen LogP contribution < -0.4 is 14.9 Å². The van der Waals surface area contributed by atoms with E-state index in [1.807, 2.05) is 0 Å². The fraction of sp³-hybridized carbons (Fsp3) is 0.200. The summed E-state index contributed by atoms with van der Waals surface area (Å²) in [7, 11) is 1.59. The first-order valence-electron chi connectivity index (χ1n) is 6.33. The molecule has 1 amide bonds. The lowest BCUT2D eigenvalue weighted by Gasteiger charge is -2.06. The van der Waals surface area contributed by atoms with E-state index in [2.05, 4.69) is 10.5 Å². The van der Waals surface area contributed by atoms with Crippen LogP contribution in [-0.4, -0.2) is 25.3 Å². The molecule has 0 bridgehead atoms. The minimum Gasteiger partial charge on any atom is -0.497 e. The van der Waals surface area contributed by atoms with Crippen LogP contribution in [0.15, 0.2) is 52.2 Å². The molecule has 21 heavy (non-hydrogen) atoms. The fourth-order valence-corrected chi connectivity index (χ4v) is 1.54. The van der Waals surface area contributed by atoms with E-state index >= 15 is 0 Å². The van der Waals surface area contributed by atoms with Crippen molar-refractivity contribution in [3.05, 3.63) is 48.4 Å². The van der Waals surface area contributed by atoms with E-state index in [0.717, 1.165) is 5.75 Å². The van der Waals surface area contributed by atoms with Crippen LogP contribution in [0.5, 0.6) is 11.5 Å². The van der Waals surface area contributed by atoms with Gasteiger partial charge in [0.25, 0.3) is 5.91 Å². The highest BCUT2D eigenvalue weighted by molar-refractivity contribution is 5.96. The monoisotopic (exact) mass is 288 g/mol. The first kappa shape index (κ1) is 14.6. The summed E-state index contributed by atoms with van der Waals surface area (Å²) in [6.45, 7) is 1.62. The maximum absolute atomic E-state index is 11.6. The Balaban J connectivity index is 1.80. The largest absolute Gasteiger partial charge is 0.497 e. The molecular weight excluding hydrogens is 272 g/mol. The van der Waals surface area contributed by atoms with Crippen molar-refractivity contribution in [1.82, 2.24) is 5.43 Å². The van der Waals surface area contributed by atoms with Gasteiger partial charge in [0.05, 0.1) is 13.4 Å². The summed E-state index contributed by atoms with van der Waals surface area (Å²) in [5.74, 6) is 1.56. The Labute approximate surface area is 122 Å². The molecule has 0 fully saturated rings. The molecule has 0 aliphatic rings. The first-order chi connectivity index (χ1) is 10.2. The zero-order valence-electron chi connectivity index (χ0n) is 11.8. The second-order valence-corrected chi connectivity index (χ2v) is 4.17. The van der Waals surface area contributed by atoms with Crippen LogP contribution in [0, 0.1) is 0 Å². The molecule has 0 spiro atoms. The standard InChI is InChI=1S/C15H16N2O4/c1-11(14-4-3-9-20-14)16-17-15(18)10-21-13-7-5-12(19-2)6-8-13/h3-9H,10H2,1-2H3,(H,17,18)/b16-11+. The summed E-state index contributed by atoms with van der Waals surface area (Å²) in [5, 5.41) is 3.93. The van der Waals surface area contributed by atoms with Gasteiger partial charge in [0.15, 0.2) is 6.61 Å². The zero-order valence-corrected chi connectivity index (χ0v) is 11.8. The number of carbonyl (C=O) groups is 1. The molecule has 0 aliphatic heterocycles. The molecule has 1 aromatic heterocycles. The Kier molecular flexibility index (Phi) is 4.98. The van der Waals surface area contributed by atoms with Gasteiger partial charge in [0.1, 0.15) is 23.0 Å². The smallest absolute Gasteiger partial charge is 0.277 e. The first-order valence-corrected chi connectivity index (χ1v) is 6.33. The number of hydrogen-bond acceptors (Lipinski definition) is 5. The molecule has 0 saturated heterocycles. The molecule has 6 nitrogen and oxygen atoms in total. The molecule has 1 N–H and O–H groups in total. The SMILES string of the molecule is COc1ccc(OCC(=O)N/N=C(\C)c2ccco2)cc1. The van der Waals surface area contributed by atoms with Crippen LogP contribution in [0.1, 0.15) is 12.7 Å². The van der Waals surface area contributed by atoms with Gasteiger partial charge in [0.2, 0.25) is 0 Å². The highest BCUT2D eigenvalue weighted by atomic mass is 16.5. The number of methoxy groups -OCH3 is 1. The highest BCUT2D eigenvalue weighted by Crippen LogP contribution is 2.16. The van der Waals surface area contributed by atoms with E-state index in [1.54, 1.807) is 56.7 Å². The van der Waals surface area contributed by atoms with Gasteiger partial charge in [-0.3, -0.25) is 4.79 Å². The Morgan fingerprint density at radius 1 is 1.24 bits per heavy atom. The topological polar surface area (TPSA) is 73.1 Å². The molecule has 0 radical (unpaired) electrons. The predicted molar refractivity (Wildman–Crippen MR) is 77.6 cm³/mol. The van der Waals surface area contributed by atoms with E-state index in [9.17, 15) is 4.79 Å². The molecule has 110 valence electrons. The van der Waals surface area contributed by atoms with Crippen molar-refractivity contribution in [1.29, 1.82) is 0 Å². The lowest BCUT2D eigenvalue weighted by atomic mass is 10.3. The number of ether oxygens (including phenoxy) is 2. The molecule has 1 heterocycles. The van der Waals surface area contributed by atoms with Crippen molar-refractivity contribution < 1.29 is 18.7 Å². The third kappa shape index (κ3) is 4.38. The summed E-state index contributed by atoms with van der Waals surface area (Å²) in [6, 6.07) is 10.5. The molecule has 6 heteroatoms. The van der Waals surface area contributed by atoms with E-state index in [-0.39, 0.29) is 12.5 Å². The third-order valence-corrected chi connectivity index (χ3v) is 2.66. The van der Waals surface area contributed by atoms with Crippen LogP contribution in [0.25, 0.3) is 0 Å². The molecule has 0 atom stereocenters. The van der Waals surface area contributed by atoms with E-state index in [0.29, 0.717) is 17.2 Å². The van der Waals surface area contributed by atoms with Gasteiger partial charge in [-0.25, -0.2) is 5.43 Å². The van der Waals surface area contributed by atoms with Crippen LogP contribution in [-0.2, 0) is 4.79 Å². The van der Waals surface area contributed by atoms with Crippen molar-refractivity contribution in [2.24, 2.45) is 5.10 Å². The van der Waals surface area contributed by atoms with Crippen LogP contribution in [0.4, 0.5) is 0 Å². The second kappa shape index (κ2) is 7.14. The lowest BCUT2D eigenvalue weighted by Crippen LogP contribution is -2.25. The number of nitrogens with one attached hydrogen (secondary N) is 1. The minimum atomic E-state index is -0.350. The van der Waals surface area contributed by atoms with Crippen molar-refractivity contribution in [3.63, 3.8) is 0 Å².